The van der Waals surface area contributed by atoms with Gasteiger partial charge in [0.2, 0.25) is 0 Å². The fraction of sp³-hybridized carbons (Fsp3) is 0.167. The monoisotopic (exact) mass is 471 g/mol. The second kappa shape index (κ2) is 10.3. The molecule has 1 N–H and O–H groups in total. The summed E-state index contributed by atoms with van der Waals surface area (Å²) in [4.78, 5) is 24.5. The molecule has 9 heteroatoms. The number of rotatable bonds is 8. The van der Waals surface area contributed by atoms with Crippen molar-refractivity contribution in [2.75, 3.05) is 17.9 Å². The van der Waals surface area contributed by atoms with E-state index in [1.54, 1.807) is 38.1 Å². The molecule has 33 heavy (non-hydrogen) atoms. The molecule has 0 aromatic heterocycles. The fourth-order valence-electron chi connectivity index (χ4n) is 3.06. The second-order valence-electron chi connectivity index (χ2n) is 6.84. The van der Waals surface area contributed by atoms with Crippen molar-refractivity contribution in [2.24, 2.45) is 0 Å². The summed E-state index contributed by atoms with van der Waals surface area (Å²) in [5.41, 5.74) is 1.40. The van der Waals surface area contributed by atoms with Gasteiger partial charge in [-0.3, -0.25) is 4.72 Å². The fourth-order valence-corrected chi connectivity index (χ4v) is 4.10. The number of nitrogens with one attached hydrogen (secondary N) is 1. The Hall–Kier alpha value is -3.72. The Balaban J connectivity index is 1.88. The Morgan fingerprint density at radius 1 is 0.788 bits per heavy atom. The first-order valence-corrected chi connectivity index (χ1v) is 11.6. The van der Waals surface area contributed by atoms with Gasteiger partial charge in [0, 0.05) is 5.69 Å². The summed E-state index contributed by atoms with van der Waals surface area (Å²) in [5.74, 6) is -1.85. The van der Waals surface area contributed by atoms with Crippen molar-refractivity contribution >= 4 is 27.6 Å². The summed E-state index contributed by atoms with van der Waals surface area (Å²) < 4.78 is 51.2. The largest absolute Gasteiger partial charge is 0.462 e. The highest BCUT2D eigenvalue weighted by Gasteiger charge is 2.22. The quantitative estimate of drug-likeness (QED) is 0.481. The lowest BCUT2D eigenvalue weighted by atomic mass is 10.1. The van der Waals surface area contributed by atoms with Gasteiger partial charge in [0.25, 0.3) is 10.0 Å². The van der Waals surface area contributed by atoms with E-state index in [0.717, 1.165) is 11.1 Å². The standard InChI is InChI=1S/C24H22FNO6S/c1-3-31-23(27)21-14-11-19(15-22(21)24(28)32-4-2)26-33(29,30)20-12-7-17(8-13-20)16-5-9-18(25)10-6-16/h5-15,26H,3-4H2,1-2H3. The number of hydrogen-bond acceptors (Lipinski definition) is 6. The van der Waals surface area contributed by atoms with Crippen LogP contribution in [0.2, 0.25) is 0 Å². The Bertz CT molecular complexity index is 1260. The maximum absolute atomic E-state index is 13.1. The van der Waals surface area contributed by atoms with Crippen LogP contribution in [0.5, 0.6) is 0 Å². The van der Waals surface area contributed by atoms with Crippen molar-refractivity contribution < 1.29 is 31.9 Å². The number of sulfonamides is 1. The molecule has 0 saturated heterocycles. The van der Waals surface area contributed by atoms with Crippen LogP contribution in [0.4, 0.5) is 10.1 Å². The minimum Gasteiger partial charge on any atom is -0.462 e. The molecule has 0 aliphatic heterocycles. The summed E-state index contributed by atoms with van der Waals surface area (Å²) >= 11 is 0. The van der Waals surface area contributed by atoms with Crippen LogP contribution in [0.15, 0.2) is 71.6 Å². The van der Waals surface area contributed by atoms with Crippen molar-refractivity contribution in [3.8, 4) is 11.1 Å². The molecule has 0 spiro atoms. The average molecular weight is 472 g/mol. The lowest BCUT2D eigenvalue weighted by Crippen LogP contribution is -2.17. The summed E-state index contributed by atoms with van der Waals surface area (Å²) in [6.07, 6.45) is 0. The van der Waals surface area contributed by atoms with E-state index >= 15 is 0 Å². The SMILES string of the molecule is CCOC(=O)c1ccc(NS(=O)(=O)c2ccc(-c3ccc(F)cc3)cc2)cc1C(=O)OCC. The molecular weight excluding hydrogens is 449 g/mol. The molecule has 0 heterocycles. The van der Waals surface area contributed by atoms with E-state index in [0.29, 0.717) is 0 Å². The van der Waals surface area contributed by atoms with Gasteiger partial charge in [-0.25, -0.2) is 22.4 Å². The van der Waals surface area contributed by atoms with Crippen molar-refractivity contribution in [3.63, 3.8) is 0 Å². The molecule has 3 aromatic carbocycles. The van der Waals surface area contributed by atoms with Crippen LogP contribution in [-0.2, 0) is 19.5 Å². The highest BCUT2D eigenvalue weighted by atomic mass is 32.2. The molecule has 0 bridgehead atoms. The zero-order valence-electron chi connectivity index (χ0n) is 18.0. The topological polar surface area (TPSA) is 98.8 Å². The number of carbonyl (C=O) groups is 2. The minimum atomic E-state index is -4.00. The highest BCUT2D eigenvalue weighted by molar-refractivity contribution is 7.92. The van der Waals surface area contributed by atoms with Crippen LogP contribution in [-0.4, -0.2) is 33.6 Å². The zero-order chi connectivity index (χ0) is 24.0. The van der Waals surface area contributed by atoms with E-state index in [2.05, 4.69) is 4.72 Å². The van der Waals surface area contributed by atoms with E-state index in [4.69, 9.17) is 9.47 Å². The molecule has 0 unspecified atom stereocenters. The lowest BCUT2D eigenvalue weighted by Gasteiger charge is -2.13. The summed E-state index contributed by atoms with van der Waals surface area (Å²) in [5, 5.41) is 0. The van der Waals surface area contributed by atoms with Gasteiger partial charge in [-0.2, -0.15) is 0 Å². The van der Waals surface area contributed by atoms with E-state index in [9.17, 15) is 22.4 Å². The Labute approximate surface area is 191 Å². The number of halogens is 1. The summed E-state index contributed by atoms with van der Waals surface area (Å²) in [6, 6.07) is 15.8. The first kappa shape index (κ1) is 23.9. The molecule has 3 rings (SSSR count). The van der Waals surface area contributed by atoms with Crippen LogP contribution in [0, 0.1) is 5.82 Å². The molecule has 0 saturated carbocycles. The summed E-state index contributed by atoms with van der Waals surface area (Å²) in [6.45, 7) is 3.44. The molecule has 0 aliphatic carbocycles. The molecular formula is C24H22FNO6S. The van der Waals surface area contributed by atoms with Crippen LogP contribution >= 0.6 is 0 Å². The third-order valence-corrected chi connectivity index (χ3v) is 6.00. The molecule has 0 aliphatic rings. The van der Waals surface area contributed by atoms with Gasteiger partial charge in [-0.05, 0) is 67.4 Å². The number of ether oxygens (including phenoxy) is 2. The smallest absolute Gasteiger partial charge is 0.339 e. The predicted molar refractivity (Wildman–Crippen MR) is 121 cm³/mol. The minimum absolute atomic E-state index is 0.0134. The number of anilines is 1. The van der Waals surface area contributed by atoms with E-state index < -0.39 is 22.0 Å². The second-order valence-corrected chi connectivity index (χ2v) is 8.52. The average Bonchev–Trinajstić information content (AvgIpc) is 2.79. The third kappa shape index (κ3) is 5.75. The zero-order valence-corrected chi connectivity index (χ0v) is 18.8. The maximum atomic E-state index is 13.1. The molecule has 0 amide bonds. The Morgan fingerprint density at radius 2 is 1.30 bits per heavy atom. The number of benzene rings is 3. The molecule has 3 aromatic rings. The molecule has 0 radical (unpaired) electrons. The van der Waals surface area contributed by atoms with Crippen LogP contribution in [0.25, 0.3) is 11.1 Å². The van der Waals surface area contributed by atoms with Crippen molar-refractivity contribution in [3.05, 3.63) is 83.7 Å². The molecule has 7 nitrogen and oxygen atoms in total. The molecule has 0 fully saturated rings. The molecule has 0 atom stereocenters. The van der Waals surface area contributed by atoms with E-state index in [1.165, 1.54) is 42.5 Å². The van der Waals surface area contributed by atoms with Crippen LogP contribution in [0.1, 0.15) is 34.6 Å². The first-order chi connectivity index (χ1) is 15.7. The van der Waals surface area contributed by atoms with Crippen molar-refractivity contribution in [1.29, 1.82) is 0 Å². The van der Waals surface area contributed by atoms with E-state index in [-0.39, 0.29) is 40.7 Å². The van der Waals surface area contributed by atoms with Gasteiger partial charge in [-0.1, -0.05) is 24.3 Å². The predicted octanol–water partition coefficient (Wildman–Crippen LogP) is 4.65. The van der Waals surface area contributed by atoms with Crippen molar-refractivity contribution in [1.82, 2.24) is 0 Å². The number of esters is 2. The number of carbonyl (C=O) groups excluding carboxylic acids is 2. The van der Waals surface area contributed by atoms with Crippen LogP contribution < -0.4 is 4.72 Å². The summed E-state index contributed by atoms with van der Waals surface area (Å²) in [7, 11) is -4.00. The normalized spacial score (nSPS) is 11.0. The van der Waals surface area contributed by atoms with Gasteiger partial charge >= 0.3 is 11.9 Å². The van der Waals surface area contributed by atoms with Gasteiger partial charge in [0.1, 0.15) is 5.82 Å². The van der Waals surface area contributed by atoms with Gasteiger partial charge in [0.05, 0.1) is 29.2 Å². The van der Waals surface area contributed by atoms with Gasteiger partial charge in [-0.15, -0.1) is 0 Å². The van der Waals surface area contributed by atoms with Gasteiger partial charge < -0.3 is 9.47 Å². The maximum Gasteiger partial charge on any atom is 0.339 e. The van der Waals surface area contributed by atoms with Crippen LogP contribution in [0.3, 0.4) is 0 Å². The highest BCUT2D eigenvalue weighted by Crippen LogP contribution is 2.24. The number of hydrogen-bond donors (Lipinski definition) is 1. The van der Waals surface area contributed by atoms with Gasteiger partial charge in [0.15, 0.2) is 0 Å². The molecule has 172 valence electrons. The third-order valence-electron chi connectivity index (χ3n) is 4.60. The van der Waals surface area contributed by atoms with Crippen molar-refractivity contribution in [2.45, 2.75) is 18.7 Å². The Morgan fingerprint density at radius 3 is 1.85 bits per heavy atom. The Kier molecular flexibility index (Phi) is 7.44. The van der Waals surface area contributed by atoms with E-state index in [1.807, 2.05) is 0 Å². The lowest BCUT2D eigenvalue weighted by molar-refractivity contribution is 0.0479. The first-order valence-electron chi connectivity index (χ1n) is 10.1.